The average molecular weight is 285 g/mol. The van der Waals surface area contributed by atoms with Crippen molar-refractivity contribution in [2.75, 3.05) is 25.0 Å². The van der Waals surface area contributed by atoms with Crippen LogP contribution in [0.25, 0.3) is 0 Å². The fourth-order valence-corrected chi connectivity index (χ4v) is 2.46. The quantitative estimate of drug-likeness (QED) is 0.846. The Labute approximate surface area is 124 Å². The van der Waals surface area contributed by atoms with Gasteiger partial charge < -0.3 is 9.80 Å². The minimum Gasteiger partial charge on any atom is -0.343 e. The molecule has 0 saturated carbocycles. The van der Waals surface area contributed by atoms with Gasteiger partial charge in [0, 0.05) is 25.7 Å². The van der Waals surface area contributed by atoms with Crippen molar-refractivity contribution in [3.63, 3.8) is 0 Å². The highest BCUT2D eigenvalue weighted by Crippen LogP contribution is 2.26. The maximum absolute atomic E-state index is 12.3. The van der Waals surface area contributed by atoms with E-state index in [1.165, 1.54) is 4.90 Å². The first-order valence-corrected chi connectivity index (χ1v) is 7.12. The number of para-hydroxylation sites is 1. The topological polar surface area (TPSA) is 64.4 Å². The number of carbonyl (C=O) groups excluding carboxylic acids is 2. The van der Waals surface area contributed by atoms with Crippen molar-refractivity contribution in [2.24, 2.45) is 0 Å². The van der Waals surface area contributed by atoms with Crippen molar-refractivity contribution in [3.8, 4) is 6.07 Å². The molecule has 0 unspecified atom stereocenters. The lowest BCUT2D eigenvalue weighted by Crippen LogP contribution is -2.41. The van der Waals surface area contributed by atoms with Gasteiger partial charge in [-0.1, -0.05) is 18.2 Å². The highest BCUT2D eigenvalue weighted by Gasteiger charge is 2.24. The van der Waals surface area contributed by atoms with Crippen molar-refractivity contribution >= 4 is 17.5 Å². The van der Waals surface area contributed by atoms with Crippen LogP contribution in [0.3, 0.4) is 0 Å². The molecular formula is C16H19N3O2. The number of anilines is 1. The molecule has 0 saturated heterocycles. The lowest BCUT2D eigenvalue weighted by atomic mass is 10.1. The summed E-state index contributed by atoms with van der Waals surface area (Å²) in [7, 11) is 1.66. The van der Waals surface area contributed by atoms with E-state index in [2.05, 4.69) is 0 Å². The number of hydrogen-bond acceptors (Lipinski definition) is 3. The lowest BCUT2D eigenvalue weighted by Gasteiger charge is -2.25. The standard InChI is InChI=1S/C16H19N3O2/c1-18(11-5-10-17)16(21)12-19-14-8-3-2-6-13(14)7-4-9-15(19)20/h2-3,6,8H,4-5,7,9,11-12H2,1H3. The highest BCUT2D eigenvalue weighted by molar-refractivity contribution is 5.99. The van der Waals surface area contributed by atoms with Crippen LogP contribution in [0, 0.1) is 11.3 Å². The first kappa shape index (κ1) is 15.0. The summed E-state index contributed by atoms with van der Waals surface area (Å²) in [5, 5.41) is 8.58. The summed E-state index contributed by atoms with van der Waals surface area (Å²) in [6.07, 6.45) is 2.43. The predicted octanol–water partition coefficient (Wildman–Crippen LogP) is 1.73. The van der Waals surface area contributed by atoms with Gasteiger partial charge in [-0.3, -0.25) is 9.59 Å². The number of aryl methyl sites for hydroxylation is 1. The van der Waals surface area contributed by atoms with Gasteiger partial charge in [0.1, 0.15) is 6.54 Å². The largest absolute Gasteiger partial charge is 0.343 e. The van der Waals surface area contributed by atoms with Crippen LogP contribution in [-0.4, -0.2) is 36.9 Å². The SMILES string of the molecule is CN(CCC#N)C(=O)CN1C(=O)CCCc2ccccc21. The molecule has 2 rings (SSSR count). The summed E-state index contributed by atoms with van der Waals surface area (Å²) in [6.45, 7) is 0.427. The van der Waals surface area contributed by atoms with Crippen LogP contribution in [0.15, 0.2) is 24.3 Å². The van der Waals surface area contributed by atoms with Crippen LogP contribution in [-0.2, 0) is 16.0 Å². The first-order valence-electron chi connectivity index (χ1n) is 7.12. The van der Waals surface area contributed by atoms with Gasteiger partial charge in [0.05, 0.1) is 12.5 Å². The molecule has 0 bridgehead atoms. The molecule has 1 aliphatic rings. The predicted molar refractivity (Wildman–Crippen MR) is 79.6 cm³/mol. The maximum Gasteiger partial charge on any atom is 0.242 e. The van der Waals surface area contributed by atoms with Crippen LogP contribution in [0.1, 0.15) is 24.8 Å². The van der Waals surface area contributed by atoms with Gasteiger partial charge in [0.25, 0.3) is 0 Å². The smallest absolute Gasteiger partial charge is 0.242 e. The fourth-order valence-electron chi connectivity index (χ4n) is 2.46. The number of fused-ring (bicyclic) bond motifs is 1. The summed E-state index contributed by atoms with van der Waals surface area (Å²) in [6, 6.07) is 9.75. The Morgan fingerprint density at radius 1 is 1.38 bits per heavy atom. The summed E-state index contributed by atoms with van der Waals surface area (Å²) in [5.41, 5.74) is 1.94. The highest BCUT2D eigenvalue weighted by atomic mass is 16.2. The first-order chi connectivity index (χ1) is 10.1. The molecule has 1 aromatic carbocycles. The molecule has 0 atom stereocenters. The van der Waals surface area contributed by atoms with Crippen molar-refractivity contribution in [1.82, 2.24) is 4.90 Å². The van der Waals surface area contributed by atoms with E-state index < -0.39 is 0 Å². The van der Waals surface area contributed by atoms with Crippen LogP contribution >= 0.6 is 0 Å². The molecule has 110 valence electrons. The van der Waals surface area contributed by atoms with Crippen LogP contribution in [0.2, 0.25) is 0 Å². The average Bonchev–Trinajstić information content (AvgIpc) is 2.64. The summed E-state index contributed by atoms with van der Waals surface area (Å²) in [5.74, 6) is -0.155. The van der Waals surface area contributed by atoms with Gasteiger partial charge in [0.15, 0.2) is 0 Å². The molecule has 5 heteroatoms. The van der Waals surface area contributed by atoms with Crippen LogP contribution in [0.4, 0.5) is 5.69 Å². The monoisotopic (exact) mass is 285 g/mol. The summed E-state index contributed by atoms with van der Waals surface area (Å²) in [4.78, 5) is 27.5. The molecule has 1 heterocycles. The molecular weight excluding hydrogens is 266 g/mol. The number of benzene rings is 1. The molecule has 1 aromatic rings. The molecule has 0 fully saturated rings. The van der Waals surface area contributed by atoms with Crippen LogP contribution in [0.5, 0.6) is 0 Å². The van der Waals surface area contributed by atoms with Crippen molar-refractivity contribution in [1.29, 1.82) is 5.26 Å². The third-order valence-electron chi connectivity index (χ3n) is 3.70. The molecule has 0 radical (unpaired) electrons. The van der Waals surface area contributed by atoms with E-state index in [1.54, 1.807) is 11.9 Å². The van der Waals surface area contributed by atoms with Crippen molar-refractivity contribution in [2.45, 2.75) is 25.7 Å². The van der Waals surface area contributed by atoms with Gasteiger partial charge in [-0.2, -0.15) is 5.26 Å². The van der Waals surface area contributed by atoms with Gasteiger partial charge in [-0.05, 0) is 24.5 Å². The number of amides is 2. The summed E-state index contributed by atoms with van der Waals surface area (Å²) >= 11 is 0. The van der Waals surface area contributed by atoms with Gasteiger partial charge >= 0.3 is 0 Å². The third-order valence-corrected chi connectivity index (χ3v) is 3.70. The lowest BCUT2D eigenvalue weighted by molar-refractivity contribution is -0.130. The van der Waals surface area contributed by atoms with E-state index in [9.17, 15) is 9.59 Å². The van der Waals surface area contributed by atoms with Crippen LogP contribution < -0.4 is 4.90 Å². The van der Waals surface area contributed by atoms with E-state index in [0.29, 0.717) is 19.4 Å². The molecule has 0 N–H and O–H groups in total. The minimum absolute atomic E-state index is 0.0121. The maximum atomic E-state index is 12.3. The van der Waals surface area contributed by atoms with E-state index in [1.807, 2.05) is 30.3 Å². The molecule has 21 heavy (non-hydrogen) atoms. The van der Waals surface area contributed by atoms with Crippen molar-refractivity contribution in [3.05, 3.63) is 29.8 Å². The molecule has 0 aromatic heterocycles. The molecule has 1 aliphatic heterocycles. The zero-order chi connectivity index (χ0) is 15.2. The number of rotatable bonds is 4. The zero-order valence-electron chi connectivity index (χ0n) is 12.2. The second-order valence-corrected chi connectivity index (χ2v) is 5.19. The van der Waals surface area contributed by atoms with E-state index in [0.717, 1.165) is 24.1 Å². The summed E-state index contributed by atoms with van der Waals surface area (Å²) < 4.78 is 0. The van der Waals surface area contributed by atoms with Crippen molar-refractivity contribution < 1.29 is 9.59 Å². The van der Waals surface area contributed by atoms with Gasteiger partial charge in [-0.15, -0.1) is 0 Å². The number of nitriles is 1. The number of carbonyl (C=O) groups is 2. The Kier molecular flexibility index (Phi) is 4.94. The molecule has 0 spiro atoms. The van der Waals surface area contributed by atoms with Gasteiger partial charge in [-0.25, -0.2) is 0 Å². The Bertz CT molecular complexity index is 577. The second-order valence-electron chi connectivity index (χ2n) is 5.19. The Morgan fingerprint density at radius 3 is 2.90 bits per heavy atom. The number of nitrogens with zero attached hydrogens (tertiary/aromatic N) is 3. The van der Waals surface area contributed by atoms with E-state index in [-0.39, 0.29) is 18.4 Å². The number of likely N-dealkylation sites (N-methyl/N-ethyl adjacent to an activating group) is 1. The Morgan fingerprint density at radius 2 is 2.14 bits per heavy atom. The fraction of sp³-hybridized carbons (Fsp3) is 0.438. The molecule has 0 aliphatic carbocycles. The van der Waals surface area contributed by atoms with E-state index >= 15 is 0 Å². The minimum atomic E-state index is -0.143. The normalized spacial score (nSPS) is 14.1. The third kappa shape index (κ3) is 3.60. The molecule has 5 nitrogen and oxygen atoms in total. The van der Waals surface area contributed by atoms with E-state index in [4.69, 9.17) is 5.26 Å². The van der Waals surface area contributed by atoms with Gasteiger partial charge in [0.2, 0.25) is 11.8 Å². The number of hydrogen-bond donors (Lipinski definition) is 0. The Hall–Kier alpha value is -2.35. The Balaban J connectivity index is 2.16. The molecule has 2 amide bonds. The zero-order valence-corrected chi connectivity index (χ0v) is 12.2. The second kappa shape index (κ2) is 6.89.